The summed E-state index contributed by atoms with van der Waals surface area (Å²) in [5.41, 5.74) is -1.35. The fourth-order valence-electron chi connectivity index (χ4n) is 4.60. The van der Waals surface area contributed by atoms with Crippen molar-refractivity contribution in [2.24, 2.45) is 11.8 Å². The van der Waals surface area contributed by atoms with E-state index in [0.29, 0.717) is 24.8 Å². The zero-order valence-corrected chi connectivity index (χ0v) is 15.5. The van der Waals surface area contributed by atoms with Crippen molar-refractivity contribution >= 4 is 17.7 Å². The first-order chi connectivity index (χ1) is 13.5. The minimum atomic E-state index is -1.79. The van der Waals surface area contributed by atoms with Crippen LogP contribution in [0.1, 0.15) is 48.9 Å². The van der Waals surface area contributed by atoms with Gasteiger partial charge in [-0.25, -0.2) is 9.18 Å². The van der Waals surface area contributed by atoms with Gasteiger partial charge in [0, 0.05) is 18.3 Å². The summed E-state index contributed by atoms with van der Waals surface area (Å²) in [5.74, 6) is -1.79. The third kappa shape index (κ3) is 3.60. The second-order valence-corrected chi connectivity index (χ2v) is 7.91. The van der Waals surface area contributed by atoms with E-state index >= 15 is 0 Å². The summed E-state index contributed by atoms with van der Waals surface area (Å²) >= 11 is 0. The number of esters is 2. The van der Waals surface area contributed by atoms with E-state index in [2.05, 4.69) is 0 Å². The topological polar surface area (TPSA) is 69.7 Å². The molecule has 1 aliphatic heterocycles. The Morgan fingerprint density at radius 1 is 1.18 bits per heavy atom. The highest BCUT2D eigenvalue weighted by Crippen LogP contribution is 2.44. The molecule has 148 valence electrons. The molecule has 1 heterocycles. The average Bonchev–Trinajstić information content (AvgIpc) is 3.36. The second-order valence-electron chi connectivity index (χ2n) is 7.91. The summed E-state index contributed by atoms with van der Waals surface area (Å²) in [6, 6.07) is 8.64. The van der Waals surface area contributed by atoms with Crippen molar-refractivity contribution in [2.45, 2.75) is 56.4 Å². The van der Waals surface area contributed by atoms with Crippen LogP contribution >= 0.6 is 0 Å². The lowest BCUT2D eigenvalue weighted by Gasteiger charge is -2.21. The number of ether oxygens (including phenoxy) is 2. The van der Waals surface area contributed by atoms with Crippen LogP contribution in [0.2, 0.25) is 0 Å². The summed E-state index contributed by atoms with van der Waals surface area (Å²) in [5, 5.41) is 0. The minimum absolute atomic E-state index is 0.163. The second kappa shape index (κ2) is 7.49. The van der Waals surface area contributed by atoms with Gasteiger partial charge in [-0.3, -0.25) is 9.59 Å². The highest BCUT2D eigenvalue weighted by atomic mass is 19.1. The summed E-state index contributed by atoms with van der Waals surface area (Å²) < 4.78 is 25.7. The van der Waals surface area contributed by atoms with Crippen LogP contribution in [0.4, 0.5) is 4.39 Å². The van der Waals surface area contributed by atoms with E-state index in [0.717, 1.165) is 0 Å². The van der Waals surface area contributed by atoms with Crippen molar-refractivity contribution in [3.05, 3.63) is 48.0 Å². The zero-order chi connectivity index (χ0) is 19.7. The van der Waals surface area contributed by atoms with Gasteiger partial charge in [-0.05, 0) is 43.9 Å². The van der Waals surface area contributed by atoms with Crippen LogP contribution in [0, 0.1) is 11.8 Å². The molecule has 2 saturated carbocycles. The maximum Gasteiger partial charge on any atom is 0.338 e. The Morgan fingerprint density at radius 2 is 1.89 bits per heavy atom. The van der Waals surface area contributed by atoms with E-state index < -0.39 is 23.5 Å². The van der Waals surface area contributed by atoms with Gasteiger partial charge in [0.2, 0.25) is 0 Å². The molecule has 4 atom stereocenters. The van der Waals surface area contributed by atoms with Gasteiger partial charge < -0.3 is 9.47 Å². The highest BCUT2D eigenvalue weighted by Gasteiger charge is 2.51. The van der Waals surface area contributed by atoms with E-state index in [9.17, 15) is 18.8 Å². The number of halogens is 1. The molecule has 2 aliphatic carbocycles. The molecule has 3 fully saturated rings. The molecular weight excluding hydrogens is 363 g/mol. The molecule has 1 aromatic rings. The number of fused-ring (bicyclic) bond motifs is 1. The van der Waals surface area contributed by atoms with E-state index in [1.807, 2.05) is 6.07 Å². The largest absolute Gasteiger partial charge is 0.462 e. The van der Waals surface area contributed by atoms with Crippen LogP contribution in [0.25, 0.3) is 0 Å². The first-order valence-corrected chi connectivity index (χ1v) is 9.83. The smallest absolute Gasteiger partial charge is 0.338 e. The van der Waals surface area contributed by atoms with Gasteiger partial charge in [-0.1, -0.05) is 24.3 Å². The Bertz CT molecular complexity index is 796. The molecule has 0 spiro atoms. The Balaban J connectivity index is 1.50. The number of rotatable bonds is 5. The Hall–Kier alpha value is -2.50. The number of hydrogen-bond acceptors (Lipinski definition) is 5. The number of carbonyl (C=O) groups excluding carboxylic acids is 3. The molecule has 1 aromatic carbocycles. The molecule has 5 nitrogen and oxygen atoms in total. The van der Waals surface area contributed by atoms with Gasteiger partial charge in [0.15, 0.2) is 11.5 Å². The number of hydrogen-bond donors (Lipinski definition) is 0. The molecule has 0 unspecified atom stereocenters. The van der Waals surface area contributed by atoms with Crippen molar-refractivity contribution in [1.82, 2.24) is 0 Å². The monoisotopic (exact) mass is 386 g/mol. The van der Waals surface area contributed by atoms with Crippen molar-refractivity contribution in [3.63, 3.8) is 0 Å². The number of allylic oxidation sites excluding steroid dienone is 1. The predicted molar refractivity (Wildman–Crippen MR) is 98.2 cm³/mol. The third-order valence-corrected chi connectivity index (χ3v) is 6.13. The maximum absolute atomic E-state index is 14.7. The molecule has 6 heteroatoms. The van der Waals surface area contributed by atoms with Crippen LogP contribution in [-0.2, 0) is 19.1 Å². The summed E-state index contributed by atoms with van der Waals surface area (Å²) in [6.45, 7) is 0. The van der Waals surface area contributed by atoms with E-state index in [1.165, 1.54) is 6.08 Å². The van der Waals surface area contributed by atoms with E-state index in [-0.39, 0.29) is 43.2 Å². The van der Waals surface area contributed by atoms with Gasteiger partial charge in [-0.2, -0.15) is 0 Å². The lowest BCUT2D eigenvalue weighted by Crippen LogP contribution is -2.29. The molecule has 3 aliphatic rings. The highest BCUT2D eigenvalue weighted by molar-refractivity contribution is 5.97. The Kier molecular flexibility index (Phi) is 5.04. The molecule has 4 rings (SSSR count). The first kappa shape index (κ1) is 18.8. The lowest BCUT2D eigenvalue weighted by atomic mass is 9.90. The van der Waals surface area contributed by atoms with Crippen molar-refractivity contribution < 1.29 is 28.2 Å². The molecular formula is C22H23FO5. The van der Waals surface area contributed by atoms with Crippen LogP contribution in [0.3, 0.4) is 0 Å². The third-order valence-electron chi connectivity index (χ3n) is 6.13. The molecule has 0 radical (unpaired) electrons. The van der Waals surface area contributed by atoms with Gasteiger partial charge in [0.05, 0.1) is 12.0 Å². The predicted octanol–water partition coefficient (Wildman–Crippen LogP) is 3.57. The number of carbonyl (C=O) groups is 3. The van der Waals surface area contributed by atoms with Gasteiger partial charge in [-0.15, -0.1) is 0 Å². The molecule has 28 heavy (non-hydrogen) atoms. The van der Waals surface area contributed by atoms with Crippen LogP contribution in [0.15, 0.2) is 42.5 Å². The summed E-state index contributed by atoms with van der Waals surface area (Å²) in [4.78, 5) is 36.5. The minimum Gasteiger partial charge on any atom is -0.462 e. The maximum atomic E-state index is 14.7. The average molecular weight is 386 g/mol. The lowest BCUT2D eigenvalue weighted by molar-refractivity contribution is -0.141. The standard InChI is InChI=1S/C22H23FO5/c23-22(10-4-5-11-22)19(24)9-8-15-16-12-20(25)27-18(16)13-17(15)28-21(26)14-6-2-1-3-7-14/h1-3,6-9,15-18H,4-5,10-13H2/b9-8+/t15-,16-,17-,18+/m1/s1. The molecule has 0 amide bonds. The quantitative estimate of drug-likeness (QED) is 0.572. The van der Waals surface area contributed by atoms with E-state index in [1.54, 1.807) is 30.3 Å². The fourth-order valence-corrected chi connectivity index (χ4v) is 4.60. The molecule has 0 bridgehead atoms. The molecule has 0 N–H and O–H groups in total. The van der Waals surface area contributed by atoms with Crippen molar-refractivity contribution in [2.75, 3.05) is 0 Å². The van der Waals surface area contributed by atoms with Crippen molar-refractivity contribution in [1.29, 1.82) is 0 Å². The summed E-state index contributed by atoms with van der Waals surface area (Å²) in [7, 11) is 0. The summed E-state index contributed by atoms with van der Waals surface area (Å²) in [6.07, 6.45) is 4.58. The number of alkyl halides is 1. The zero-order valence-electron chi connectivity index (χ0n) is 15.5. The Morgan fingerprint density at radius 3 is 2.61 bits per heavy atom. The van der Waals surface area contributed by atoms with Crippen LogP contribution in [-0.4, -0.2) is 35.6 Å². The van der Waals surface area contributed by atoms with Gasteiger partial charge >= 0.3 is 11.9 Å². The first-order valence-electron chi connectivity index (χ1n) is 9.83. The van der Waals surface area contributed by atoms with Crippen LogP contribution < -0.4 is 0 Å². The number of benzene rings is 1. The Labute approximate surface area is 162 Å². The molecule has 1 saturated heterocycles. The number of ketones is 1. The van der Waals surface area contributed by atoms with Gasteiger partial charge in [0.1, 0.15) is 12.2 Å². The van der Waals surface area contributed by atoms with Crippen molar-refractivity contribution in [3.8, 4) is 0 Å². The van der Waals surface area contributed by atoms with Gasteiger partial charge in [0.25, 0.3) is 0 Å². The van der Waals surface area contributed by atoms with Crippen LogP contribution in [0.5, 0.6) is 0 Å². The molecule has 0 aromatic heterocycles. The fraction of sp³-hybridized carbons (Fsp3) is 0.500. The normalized spacial score (nSPS) is 31.0. The van der Waals surface area contributed by atoms with E-state index in [4.69, 9.17) is 9.47 Å². The SMILES string of the molecule is O=C1C[C@@H]2[C@@H](/C=C/C(=O)C3(F)CCCC3)[C@H](OC(=O)c3ccccc3)C[C@@H]2O1.